The molecule has 0 aromatic carbocycles. The van der Waals surface area contributed by atoms with E-state index >= 15 is 0 Å². The summed E-state index contributed by atoms with van der Waals surface area (Å²) < 4.78 is 0. The van der Waals surface area contributed by atoms with Gasteiger partial charge in [0.2, 0.25) is 5.91 Å². The lowest BCUT2D eigenvalue weighted by Gasteiger charge is -2.11. The van der Waals surface area contributed by atoms with E-state index in [1.807, 2.05) is 0 Å². The van der Waals surface area contributed by atoms with Crippen LogP contribution < -0.4 is 10.6 Å². The van der Waals surface area contributed by atoms with Crippen molar-refractivity contribution in [1.82, 2.24) is 10.6 Å². The van der Waals surface area contributed by atoms with Crippen molar-refractivity contribution < 1.29 is 4.79 Å². The molecule has 1 rings (SSSR count). The van der Waals surface area contributed by atoms with Gasteiger partial charge in [0.05, 0.1) is 0 Å². The molecule has 1 amide bonds. The molecule has 0 radical (unpaired) electrons. The molecule has 4 nitrogen and oxygen atoms in total. The Morgan fingerprint density at radius 3 is 2.78 bits per heavy atom. The normalized spacial score (nSPS) is 21.7. The Bertz CT molecular complexity index is 303. The summed E-state index contributed by atoms with van der Waals surface area (Å²) in [4.78, 5) is 15.8. The van der Waals surface area contributed by atoms with Gasteiger partial charge in [0.15, 0.2) is 5.17 Å². The summed E-state index contributed by atoms with van der Waals surface area (Å²) in [6.07, 6.45) is 1.16. The molecule has 18 heavy (non-hydrogen) atoms. The molecule has 0 bridgehead atoms. The first-order valence-corrected chi connectivity index (χ1v) is 7.66. The lowest BCUT2D eigenvalue weighted by atomic mass is 10.1. The van der Waals surface area contributed by atoms with Crippen LogP contribution in [0.4, 0.5) is 0 Å². The highest BCUT2D eigenvalue weighted by Crippen LogP contribution is 2.18. The van der Waals surface area contributed by atoms with Crippen LogP contribution in [0.3, 0.4) is 0 Å². The van der Waals surface area contributed by atoms with Crippen molar-refractivity contribution in [1.29, 1.82) is 0 Å². The number of carbonyl (C=O) groups is 1. The van der Waals surface area contributed by atoms with Crippen molar-refractivity contribution in [3.63, 3.8) is 0 Å². The summed E-state index contributed by atoms with van der Waals surface area (Å²) in [5.41, 5.74) is 0. The average Bonchev–Trinajstić information content (AvgIpc) is 2.70. The number of nitrogens with one attached hydrogen (secondary N) is 2. The maximum atomic E-state index is 11.5. The van der Waals surface area contributed by atoms with E-state index in [-0.39, 0.29) is 12.5 Å². The third kappa shape index (κ3) is 6.28. The first-order valence-electron chi connectivity index (χ1n) is 6.67. The number of thioether (sulfide) groups is 1. The van der Waals surface area contributed by atoms with Gasteiger partial charge in [-0.15, -0.1) is 0 Å². The highest BCUT2D eigenvalue weighted by atomic mass is 32.2. The molecule has 1 aliphatic heterocycles. The van der Waals surface area contributed by atoms with E-state index in [0.29, 0.717) is 17.9 Å². The van der Waals surface area contributed by atoms with E-state index in [1.165, 1.54) is 0 Å². The lowest BCUT2D eigenvalue weighted by Crippen LogP contribution is -2.31. The molecular formula is C13H25N3OS. The Hall–Kier alpha value is -0.710. The molecule has 2 N–H and O–H groups in total. The zero-order valence-corrected chi connectivity index (χ0v) is 12.6. The predicted octanol–water partition coefficient (Wildman–Crippen LogP) is 1.87. The number of hydrogen-bond acceptors (Lipinski definition) is 3. The van der Waals surface area contributed by atoms with Crippen molar-refractivity contribution in [3.05, 3.63) is 0 Å². The zero-order chi connectivity index (χ0) is 13.5. The van der Waals surface area contributed by atoms with Crippen molar-refractivity contribution in [3.8, 4) is 0 Å². The van der Waals surface area contributed by atoms with Crippen molar-refractivity contribution in [2.45, 2.75) is 40.2 Å². The Kier molecular flexibility index (Phi) is 6.54. The minimum Gasteiger partial charge on any atom is -0.361 e. The molecule has 1 fully saturated rings. The summed E-state index contributed by atoms with van der Waals surface area (Å²) >= 11 is 1.72. The number of rotatable bonds is 6. The van der Waals surface area contributed by atoms with Crippen LogP contribution in [0.1, 0.15) is 34.1 Å². The Balaban J connectivity index is 2.25. The van der Waals surface area contributed by atoms with Crippen LogP contribution in [-0.4, -0.2) is 36.0 Å². The van der Waals surface area contributed by atoms with Gasteiger partial charge in [-0.2, -0.15) is 0 Å². The molecule has 0 aromatic rings. The monoisotopic (exact) mass is 271 g/mol. The number of hydrogen-bond donors (Lipinski definition) is 2. The molecule has 1 aliphatic rings. The van der Waals surface area contributed by atoms with Crippen LogP contribution in [0.15, 0.2) is 4.99 Å². The van der Waals surface area contributed by atoms with E-state index in [4.69, 9.17) is 0 Å². The smallest absolute Gasteiger partial charge is 0.241 e. The van der Waals surface area contributed by atoms with E-state index in [1.54, 1.807) is 11.8 Å². The second-order valence-corrected chi connectivity index (χ2v) is 6.61. The number of aliphatic imine (C=N–C) groups is 1. The zero-order valence-electron chi connectivity index (χ0n) is 11.8. The second kappa shape index (κ2) is 7.67. The number of amides is 1. The van der Waals surface area contributed by atoms with Gasteiger partial charge < -0.3 is 10.6 Å². The topological polar surface area (TPSA) is 53.5 Å². The van der Waals surface area contributed by atoms with Gasteiger partial charge in [-0.3, -0.25) is 9.79 Å². The fourth-order valence-electron chi connectivity index (χ4n) is 1.74. The van der Waals surface area contributed by atoms with Crippen molar-refractivity contribution in [2.75, 3.05) is 18.8 Å². The fraction of sp³-hybridized carbons (Fsp3) is 0.846. The van der Waals surface area contributed by atoms with Gasteiger partial charge in [0, 0.05) is 18.3 Å². The van der Waals surface area contributed by atoms with Gasteiger partial charge in [0.25, 0.3) is 0 Å². The molecule has 0 saturated carbocycles. The SMILES string of the molecule is CC(C)CNC(=O)CN=C1NC(CC(C)C)CS1. The summed E-state index contributed by atoms with van der Waals surface area (Å²) in [5, 5.41) is 7.16. The number of nitrogens with zero attached hydrogens (tertiary/aromatic N) is 1. The maximum Gasteiger partial charge on any atom is 0.241 e. The molecule has 1 saturated heterocycles. The minimum absolute atomic E-state index is 0.00547. The van der Waals surface area contributed by atoms with Crippen LogP contribution in [0.25, 0.3) is 0 Å². The average molecular weight is 271 g/mol. The summed E-state index contributed by atoms with van der Waals surface area (Å²) in [6, 6.07) is 0.507. The van der Waals surface area contributed by atoms with Crippen LogP contribution in [-0.2, 0) is 4.79 Å². The molecule has 0 aliphatic carbocycles. The quantitative estimate of drug-likeness (QED) is 0.775. The first kappa shape index (κ1) is 15.3. The fourth-order valence-corrected chi connectivity index (χ4v) is 2.73. The lowest BCUT2D eigenvalue weighted by molar-refractivity contribution is -0.119. The molecule has 104 valence electrons. The predicted molar refractivity (Wildman–Crippen MR) is 79.0 cm³/mol. The number of amidine groups is 1. The van der Waals surface area contributed by atoms with Crippen LogP contribution >= 0.6 is 11.8 Å². The van der Waals surface area contributed by atoms with Crippen molar-refractivity contribution in [2.24, 2.45) is 16.8 Å². The third-order valence-corrected chi connectivity index (χ3v) is 3.67. The minimum atomic E-state index is 0.00547. The summed E-state index contributed by atoms with van der Waals surface area (Å²) in [7, 11) is 0. The largest absolute Gasteiger partial charge is 0.361 e. The molecule has 1 heterocycles. The van der Waals surface area contributed by atoms with E-state index in [9.17, 15) is 4.79 Å². The molecule has 5 heteroatoms. The highest BCUT2D eigenvalue weighted by Gasteiger charge is 2.20. The van der Waals surface area contributed by atoms with Gasteiger partial charge in [0.1, 0.15) is 6.54 Å². The molecule has 0 aromatic heterocycles. The Morgan fingerprint density at radius 2 is 2.17 bits per heavy atom. The van der Waals surface area contributed by atoms with Gasteiger partial charge in [-0.1, -0.05) is 39.5 Å². The summed E-state index contributed by atoms with van der Waals surface area (Å²) in [5.74, 6) is 2.24. The van der Waals surface area contributed by atoms with Crippen LogP contribution in [0.2, 0.25) is 0 Å². The summed E-state index contributed by atoms with van der Waals surface area (Å²) in [6.45, 7) is 9.56. The Morgan fingerprint density at radius 1 is 1.44 bits per heavy atom. The van der Waals surface area contributed by atoms with Gasteiger partial charge >= 0.3 is 0 Å². The Labute approximate surface area is 114 Å². The standard InChI is InChI=1S/C13H25N3OS/c1-9(2)5-11-8-18-13(16-11)15-7-12(17)14-6-10(3)4/h9-11H,5-8H2,1-4H3,(H,14,17)(H,15,16). The van der Waals surface area contributed by atoms with Gasteiger partial charge in [-0.05, 0) is 18.3 Å². The van der Waals surface area contributed by atoms with E-state index in [2.05, 4.69) is 43.3 Å². The van der Waals surface area contributed by atoms with Crippen molar-refractivity contribution >= 4 is 22.8 Å². The van der Waals surface area contributed by atoms with Crippen LogP contribution in [0, 0.1) is 11.8 Å². The van der Waals surface area contributed by atoms with Crippen LogP contribution in [0.5, 0.6) is 0 Å². The first-order chi connectivity index (χ1) is 8.47. The molecular weight excluding hydrogens is 246 g/mol. The molecule has 1 unspecified atom stereocenters. The second-order valence-electron chi connectivity index (χ2n) is 5.60. The maximum absolute atomic E-state index is 11.5. The third-order valence-electron chi connectivity index (χ3n) is 2.58. The number of carbonyl (C=O) groups excluding carboxylic acids is 1. The van der Waals surface area contributed by atoms with E-state index < -0.39 is 0 Å². The molecule has 1 atom stereocenters. The van der Waals surface area contributed by atoms with E-state index in [0.717, 1.165) is 23.9 Å². The highest BCUT2D eigenvalue weighted by molar-refractivity contribution is 8.14. The molecule has 0 spiro atoms. The van der Waals surface area contributed by atoms with Gasteiger partial charge in [-0.25, -0.2) is 0 Å².